The van der Waals surface area contributed by atoms with Crippen LogP contribution >= 0.6 is 12.4 Å². The first-order chi connectivity index (χ1) is 5.81. The van der Waals surface area contributed by atoms with E-state index >= 15 is 0 Å². The first kappa shape index (κ1) is 10.4. The van der Waals surface area contributed by atoms with Crippen LogP contribution in [0.4, 0.5) is 0 Å². The smallest absolute Gasteiger partial charge is 0.119 e. The van der Waals surface area contributed by atoms with Crippen LogP contribution in [0.25, 0.3) is 0 Å². The quantitative estimate of drug-likeness (QED) is 0.752. The molecule has 0 heterocycles. The molecule has 0 aromatic heterocycles. The van der Waals surface area contributed by atoms with Crippen molar-refractivity contribution in [1.29, 1.82) is 0 Å². The van der Waals surface area contributed by atoms with Crippen molar-refractivity contribution in [2.24, 2.45) is 5.73 Å². The number of ether oxygens (including phenoxy) is 1. The fourth-order valence-electron chi connectivity index (χ4n) is 1.74. The maximum absolute atomic E-state index is 5.91. The van der Waals surface area contributed by atoms with Gasteiger partial charge in [-0.1, -0.05) is 6.07 Å². The second-order valence-corrected chi connectivity index (χ2v) is 3.21. The van der Waals surface area contributed by atoms with Crippen LogP contribution in [0.1, 0.15) is 23.6 Å². The Labute approximate surface area is 84.5 Å². The molecule has 1 aliphatic carbocycles. The molecular formula is C10H14ClNO. The van der Waals surface area contributed by atoms with Gasteiger partial charge in [-0.3, -0.25) is 0 Å². The van der Waals surface area contributed by atoms with Crippen molar-refractivity contribution >= 4 is 12.4 Å². The summed E-state index contributed by atoms with van der Waals surface area (Å²) in [5.74, 6) is 0.908. The van der Waals surface area contributed by atoms with Crippen LogP contribution in [0.15, 0.2) is 18.2 Å². The lowest BCUT2D eigenvalue weighted by Crippen LogP contribution is -2.05. The molecular weight excluding hydrogens is 186 g/mol. The van der Waals surface area contributed by atoms with Crippen LogP contribution in [0.5, 0.6) is 5.75 Å². The molecule has 2 N–H and O–H groups in total. The molecule has 0 amide bonds. The van der Waals surface area contributed by atoms with Gasteiger partial charge in [-0.15, -0.1) is 12.4 Å². The Balaban J connectivity index is 0.000000845. The molecule has 0 aliphatic heterocycles. The first-order valence-electron chi connectivity index (χ1n) is 4.23. The molecule has 1 aromatic carbocycles. The number of hydrogen-bond donors (Lipinski definition) is 1. The maximum atomic E-state index is 5.91. The molecule has 72 valence electrons. The average molecular weight is 200 g/mol. The van der Waals surface area contributed by atoms with E-state index in [0.717, 1.165) is 18.6 Å². The summed E-state index contributed by atoms with van der Waals surface area (Å²) >= 11 is 0. The fourth-order valence-corrected chi connectivity index (χ4v) is 1.74. The third-order valence-electron chi connectivity index (χ3n) is 2.48. The highest BCUT2D eigenvalue weighted by Gasteiger charge is 2.18. The van der Waals surface area contributed by atoms with Gasteiger partial charge in [0, 0.05) is 6.04 Å². The Morgan fingerprint density at radius 1 is 1.46 bits per heavy atom. The van der Waals surface area contributed by atoms with Crippen molar-refractivity contribution in [3.63, 3.8) is 0 Å². The monoisotopic (exact) mass is 199 g/mol. The van der Waals surface area contributed by atoms with Crippen molar-refractivity contribution in [2.75, 3.05) is 7.11 Å². The highest BCUT2D eigenvalue weighted by atomic mass is 35.5. The van der Waals surface area contributed by atoms with Gasteiger partial charge in [-0.25, -0.2) is 0 Å². The lowest BCUT2D eigenvalue weighted by molar-refractivity contribution is 0.414. The normalized spacial score (nSPS) is 19.1. The Bertz CT molecular complexity index is 301. The SMILES string of the molecule is COc1ccc2c(c1)C(N)CC2.Cl. The number of fused-ring (bicyclic) bond motifs is 1. The standard InChI is InChI=1S/C10H13NO.ClH/c1-12-8-4-2-7-3-5-10(11)9(7)6-8;/h2,4,6,10H,3,5,11H2,1H3;1H. The molecule has 0 saturated heterocycles. The number of halogens is 1. The third kappa shape index (κ3) is 1.79. The first-order valence-corrected chi connectivity index (χ1v) is 4.23. The van der Waals surface area contributed by atoms with Gasteiger partial charge in [-0.05, 0) is 36.1 Å². The molecule has 2 nitrogen and oxygen atoms in total. The van der Waals surface area contributed by atoms with E-state index < -0.39 is 0 Å². The van der Waals surface area contributed by atoms with Gasteiger partial charge in [0.2, 0.25) is 0 Å². The molecule has 3 heteroatoms. The van der Waals surface area contributed by atoms with E-state index in [1.807, 2.05) is 12.1 Å². The van der Waals surface area contributed by atoms with Gasteiger partial charge in [0.05, 0.1) is 7.11 Å². The van der Waals surface area contributed by atoms with E-state index in [-0.39, 0.29) is 18.4 Å². The fraction of sp³-hybridized carbons (Fsp3) is 0.400. The van der Waals surface area contributed by atoms with E-state index in [0.29, 0.717) is 0 Å². The molecule has 1 aromatic rings. The lowest BCUT2D eigenvalue weighted by atomic mass is 10.1. The van der Waals surface area contributed by atoms with Crippen LogP contribution in [0.3, 0.4) is 0 Å². The van der Waals surface area contributed by atoms with E-state index in [9.17, 15) is 0 Å². The predicted molar refractivity (Wildman–Crippen MR) is 55.5 cm³/mol. The maximum Gasteiger partial charge on any atom is 0.119 e. The molecule has 0 radical (unpaired) electrons. The Morgan fingerprint density at radius 2 is 2.23 bits per heavy atom. The number of rotatable bonds is 1. The molecule has 1 aliphatic rings. The van der Waals surface area contributed by atoms with Crippen molar-refractivity contribution < 1.29 is 4.74 Å². The molecule has 0 fully saturated rings. The van der Waals surface area contributed by atoms with Crippen LogP contribution in [-0.2, 0) is 6.42 Å². The summed E-state index contributed by atoms with van der Waals surface area (Å²) in [5, 5.41) is 0. The summed E-state index contributed by atoms with van der Waals surface area (Å²) in [7, 11) is 1.68. The summed E-state index contributed by atoms with van der Waals surface area (Å²) in [5.41, 5.74) is 8.55. The van der Waals surface area contributed by atoms with Crippen molar-refractivity contribution in [3.05, 3.63) is 29.3 Å². The highest BCUT2D eigenvalue weighted by molar-refractivity contribution is 5.85. The van der Waals surface area contributed by atoms with E-state index in [1.165, 1.54) is 11.1 Å². The summed E-state index contributed by atoms with van der Waals surface area (Å²) in [6, 6.07) is 6.38. The largest absolute Gasteiger partial charge is 0.497 e. The van der Waals surface area contributed by atoms with Crippen LogP contribution in [-0.4, -0.2) is 7.11 Å². The van der Waals surface area contributed by atoms with Crippen molar-refractivity contribution in [3.8, 4) is 5.75 Å². The summed E-state index contributed by atoms with van der Waals surface area (Å²) < 4.78 is 5.13. The minimum Gasteiger partial charge on any atom is -0.497 e. The predicted octanol–water partition coefficient (Wildman–Crippen LogP) is 2.06. The highest BCUT2D eigenvalue weighted by Crippen LogP contribution is 2.31. The van der Waals surface area contributed by atoms with Crippen molar-refractivity contribution in [1.82, 2.24) is 0 Å². The second kappa shape index (κ2) is 3.99. The summed E-state index contributed by atoms with van der Waals surface area (Å²) in [6.07, 6.45) is 2.18. The number of hydrogen-bond acceptors (Lipinski definition) is 2. The number of aryl methyl sites for hydroxylation is 1. The average Bonchev–Trinajstić information content (AvgIpc) is 2.47. The number of benzene rings is 1. The van der Waals surface area contributed by atoms with Crippen LogP contribution < -0.4 is 10.5 Å². The molecule has 13 heavy (non-hydrogen) atoms. The zero-order valence-electron chi connectivity index (χ0n) is 7.62. The molecule has 1 unspecified atom stereocenters. The van der Waals surface area contributed by atoms with E-state index in [1.54, 1.807) is 7.11 Å². The third-order valence-corrected chi connectivity index (χ3v) is 2.48. The van der Waals surface area contributed by atoms with Crippen LogP contribution in [0.2, 0.25) is 0 Å². The zero-order chi connectivity index (χ0) is 8.55. The minimum atomic E-state index is 0. The molecule has 2 rings (SSSR count). The Kier molecular flexibility index (Phi) is 3.17. The molecule has 1 atom stereocenters. The van der Waals surface area contributed by atoms with E-state index in [2.05, 4.69) is 6.07 Å². The summed E-state index contributed by atoms with van der Waals surface area (Å²) in [4.78, 5) is 0. The number of nitrogens with two attached hydrogens (primary N) is 1. The van der Waals surface area contributed by atoms with Gasteiger partial charge >= 0.3 is 0 Å². The molecule has 0 bridgehead atoms. The second-order valence-electron chi connectivity index (χ2n) is 3.21. The van der Waals surface area contributed by atoms with Gasteiger partial charge in [0.15, 0.2) is 0 Å². The van der Waals surface area contributed by atoms with Crippen molar-refractivity contribution in [2.45, 2.75) is 18.9 Å². The van der Waals surface area contributed by atoms with E-state index in [4.69, 9.17) is 10.5 Å². The lowest BCUT2D eigenvalue weighted by Gasteiger charge is -2.06. The van der Waals surface area contributed by atoms with Crippen LogP contribution in [0, 0.1) is 0 Å². The van der Waals surface area contributed by atoms with Gasteiger partial charge in [0.25, 0.3) is 0 Å². The van der Waals surface area contributed by atoms with Gasteiger partial charge in [-0.2, -0.15) is 0 Å². The Hall–Kier alpha value is -0.730. The van der Waals surface area contributed by atoms with Gasteiger partial charge in [0.1, 0.15) is 5.75 Å². The topological polar surface area (TPSA) is 35.2 Å². The molecule has 0 spiro atoms. The summed E-state index contributed by atoms with van der Waals surface area (Å²) in [6.45, 7) is 0. The zero-order valence-corrected chi connectivity index (χ0v) is 8.43. The van der Waals surface area contributed by atoms with Gasteiger partial charge < -0.3 is 10.5 Å². The number of methoxy groups -OCH3 is 1. The minimum absolute atomic E-state index is 0. The molecule has 0 saturated carbocycles. The Morgan fingerprint density at radius 3 is 2.92 bits per heavy atom.